The Balaban J connectivity index is 2.07. The van der Waals surface area contributed by atoms with E-state index in [4.69, 9.17) is 10.5 Å². The number of nitrogens with one attached hydrogen (secondary N) is 1. The van der Waals surface area contributed by atoms with Crippen molar-refractivity contribution in [1.29, 1.82) is 0 Å². The van der Waals surface area contributed by atoms with Gasteiger partial charge in [-0.2, -0.15) is 0 Å². The highest BCUT2D eigenvalue weighted by atomic mass is 32.1. The lowest BCUT2D eigenvalue weighted by atomic mass is 10.2. The van der Waals surface area contributed by atoms with Crippen LogP contribution in [0.4, 0.5) is 11.4 Å². The molecule has 0 aliphatic heterocycles. The summed E-state index contributed by atoms with van der Waals surface area (Å²) >= 11 is 1.65. The molecule has 2 aromatic rings. The minimum Gasteiger partial charge on any atom is -0.495 e. The van der Waals surface area contributed by atoms with E-state index in [2.05, 4.69) is 10.3 Å². The summed E-state index contributed by atoms with van der Waals surface area (Å²) < 4.78 is 5.17. The number of methoxy groups -OCH3 is 1. The van der Waals surface area contributed by atoms with Gasteiger partial charge in [0.25, 0.3) is 0 Å². The van der Waals surface area contributed by atoms with Gasteiger partial charge in [-0.15, -0.1) is 11.3 Å². The monoisotopic (exact) mass is 249 g/mol. The third-order valence-electron chi connectivity index (χ3n) is 2.53. The van der Waals surface area contributed by atoms with Crippen molar-refractivity contribution in [2.24, 2.45) is 0 Å². The number of hydrogen-bond donors (Lipinski definition) is 2. The maximum Gasteiger partial charge on any atom is 0.143 e. The number of aromatic nitrogens is 1. The van der Waals surface area contributed by atoms with E-state index in [1.165, 1.54) is 4.88 Å². The Morgan fingerprint density at radius 3 is 2.94 bits per heavy atom. The molecule has 1 aromatic carbocycles. The number of nitrogens with two attached hydrogens (primary N) is 1. The summed E-state index contributed by atoms with van der Waals surface area (Å²) in [6.45, 7) is 2.78. The summed E-state index contributed by atoms with van der Waals surface area (Å²) in [5, 5.41) is 3.32. The molecule has 0 aliphatic rings. The van der Waals surface area contributed by atoms with E-state index in [0.29, 0.717) is 11.4 Å². The van der Waals surface area contributed by atoms with Crippen LogP contribution < -0.4 is 15.8 Å². The Morgan fingerprint density at radius 1 is 1.47 bits per heavy atom. The summed E-state index contributed by atoms with van der Waals surface area (Å²) in [5.41, 5.74) is 10.3. The molecule has 1 aromatic heterocycles. The molecule has 0 radical (unpaired) electrons. The number of thiazole rings is 1. The third-order valence-corrected chi connectivity index (χ3v) is 3.47. The van der Waals surface area contributed by atoms with Gasteiger partial charge in [0.1, 0.15) is 5.75 Å². The zero-order valence-corrected chi connectivity index (χ0v) is 10.7. The van der Waals surface area contributed by atoms with Gasteiger partial charge in [-0.05, 0) is 19.1 Å². The van der Waals surface area contributed by atoms with Crippen LogP contribution >= 0.6 is 11.3 Å². The second-order valence-electron chi connectivity index (χ2n) is 3.67. The van der Waals surface area contributed by atoms with Crippen LogP contribution in [-0.4, -0.2) is 12.1 Å². The quantitative estimate of drug-likeness (QED) is 0.818. The molecule has 5 heteroatoms. The van der Waals surface area contributed by atoms with Crippen LogP contribution in [0.25, 0.3) is 0 Å². The molecule has 17 heavy (non-hydrogen) atoms. The number of anilines is 2. The van der Waals surface area contributed by atoms with Crippen molar-refractivity contribution in [3.63, 3.8) is 0 Å². The Labute approximate surface area is 104 Å². The van der Waals surface area contributed by atoms with Gasteiger partial charge in [0, 0.05) is 16.6 Å². The molecule has 0 saturated carbocycles. The second-order valence-corrected chi connectivity index (χ2v) is 4.61. The minimum absolute atomic E-state index is 0.645. The van der Waals surface area contributed by atoms with Crippen LogP contribution in [0.2, 0.25) is 0 Å². The molecule has 1 heterocycles. The molecule has 4 nitrogen and oxygen atoms in total. The molecule has 3 N–H and O–H groups in total. The first-order valence-electron chi connectivity index (χ1n) is 5.27. The molecule has 2 rings (SSSR count). The maximum absolute atomic E-state index is 5.75. The average molecular weight is 249 g/mol. The molecule has 0 atom stereocenters. The van der Waals surface area contributed by atoms with Crippen LogP contribution in [0, 0.1) is 6.92 Å². The van der Waals surface area contributed by atoms with Gasteiger partial charge in [-0.3, -0.25) is 0 Å². The van der Waals surface area contributed by atoms with Gasteiger partial charge in [0.2, 0.25) is 0 Å². The predicted octanol–water partition coefficient (Wildman–Crippen LogP) is 2.65. The van der Waals surface area contributed by atoms with Gasteiger partial charge < -0.3 is 15.8 Å². The molecule has 0 unspecified atom stereocenters. The molecule has 0 amide bonds. The normalized spacial score (nSPS) is 10.2. The molecular formula is C12H15N3OS. The maximum atomic E-state index is 5.75. The SMILES string of the molecule is COc1cc(NCc2scnc2C)ccc1N. The third kappa shape index (κ3) is 2.68. The highest BCUT2D eigenvalue weighted by molar-refractivity contribution is 7.09. The summed E-state index contributed by atoms with van der Waals surface area (Å²) in [7, 11) is 1.61. The topological polar surface area (TPSA) is 60.2 Å². The van der Waals surface area contributed by atoms with E-state index in [9.17, 15) is 0 Å². The number of nitrogen functional groups attached to an aromatic ring is 1. The van der Waals surface area contributed by atoms with Crippen molar-refractivity contribution in [2.45, 2.75) is 13.5 Å². The molecule has 90 valence electrons. The summed E-state index contributed by atoms with van der Waals surface area (Å²) in [6, 6.07) is 5.67. The summed E-state index contributed by atoms with van der Waals surface area (Å²) in [5.74, 6) is 0.691. The van der Waals surface area contributed by atoms with Crippen LogP contribution in [0.3, 0.4) is 0 Å². The van der Waals surface area contributed by atoms with Gasteiger partial charge in [-0.1, -0.05) is 0 Å². The summed E-state index contributed by atoms with van der Waals surface area (Å²) in [6.07, 6.45) is 0. The lowest BCUT2D eigenvalue weighted by molar-refractivity contribution is 0.417. The van der Waals surface area contributed by atoms with Gasteiger partial charge >= 0.3 is 0 Å². The average Bonchev–Trinajstić information content (AvgIpc) is 2.74. The van der Waals surface area contributed by atoms with Gasteiger partial charge in [-0.25, -0.2) is 4.98 Å². The Hall–Kier alpha value is -1.75. The standard InChI is InChI=1S/C12H15N3OS/c1-8-12(17-7-15-8)6-14-9-3-4-10(13)11(5-9)16-2/h3-5,7,14H,6,13H2,1-2H3. The van der Waals surface area contributed by atoms with Gasteiger partial charge in [0.15, 0.2) is 0 Å². The lowest BCUT2D eigenvalue weighted by Gasteiger charge is -2.09. The number of nitrogens with zero attached hydrogens (tertiary/aromatic N) is 1. The number of benzene rings is 1. The molecule has 0 bridgehead atoms. The van der Waals surface area contributed by atoms with Crippen LogP contribution in [0.1, 0.15) is 10.6 Å². The van der Waals surface area contributed by atoms with Crippen molar-refractivity contribution in [1.82, 2.24) is 4.98 Å². The molecule has 0 aliphatic carbocycles. The predicted molar refractivity (Wildman–Crippen MR) is 71.6 cm³/mol. The van der Waals surface area contributed by atoms with Crippen molar-refractivity contribution in [3.8, 4) is 5.75 Å². The smallest absolute Gasteiger partial charge is 0.143 e. The van der Waals surface area contributed by atoms with E-state index in [0.717, 1.165) is 17.9 Å². The number of ether oxygens (including phenoxy) is 1. The van der Waals surface area contributed by atoms with Crippen molar-refractivity contribution in [3.05, 3.63) is 34.3 Å². The number of rotatable bonds is 4. The largest absolute Gasteiger partial charge is 0.495 e. The first-order valence-corrected chi connectivity index (χ1v) is 6.15. The molecule has 0 saturated heterocycles. The second kappa shape index (κ2) is 5.05. The van der Waals surface area contributed by atoms with Crippen molar-refractivity contribution >= 4 is 22.7 Å². The van der Waals surface area contributed by atoms with Crippen LogP contribution in [0.15, 0.2) is 23.7 Å². The van der Waals surface area contributed by atoms with E-state index < -0.39 is 0 Å². The fourth-order valence-corrected chi connectivity index (χ4v) is 2.22. The van der Waals surface area contributed by atoms with E-state index in [-0.39, 0.29) is 0 Å². The molecule has 0 spiro atoms. The van der Waals surface area contributed by atoms with Crippen LogP contribution in [0.5, 0.6) is 5.75 Å². The van der Waals surface area contributed by atoms with Crippen LogP contribution in [-0.2, 0) is 6.54 Å². The first kappa shape index (κ1) is 11.7. The van der Waals surface area contributed by atoms with Gasteiger partial charge in [0.05, 0.1) is 30.5 Å². The van der Waals surface area contributed by atoms with Crippen molar-refractivity contribution in [2.75, 3.05) is 18.2 Å². The zero-order chi connectivity index (χ0) is 12.3. The zero-order valence-electron chi connectivity index (χ0n) is 9.86. The fraction of sp³-hybridized carbons (Fsp3) is 0.250. The fourth-order valence-electron chi connectivity index (χ4n) is 1.50. The van der Waals surface area contributed by atoms with E-state index in [1.807, 2.05) is 30.6 Å². The Bertz CT molecular complexity index is 510. The van der Waals surface area contributed by atoms with E-state index >= 15 is 0 Å². The minimum atomic E-state index is 0.645. The highest BCUT2D eigenvalue weighted by Gasteiger charge is 2.03. The van der Waals surface area contributed by atoms with E-state index in [1.54, 1.807) is 18.4 Å². The Kier molecular flexibility index (Phi) is 3.49. The van der Waals surface area contributed by atoms with Crippen molar-refractivity contribution < 1.29 is 4.74 Å². The lowest BCUT2D eigenvalue weighted by Crippen LogP contribution is -2.00. The number of hydrogen-bond acceptors (Lipinski definition) is 5. The molecule has 0 fully saturated rings. The molecular weight excluding hydrogens is 234 g/mol. The first-order chi connectivity index (χ1) is 8.20. The summed E-state index contributed by atoms with van der Waals surface area (Å²) in [4.78, 5) is 5.45. The highest BCUT2D eigenvalue weighted by Crippen LogP contribution is 2.25. The Morgan fingerprint density at radius 2 is 2.29 bits per heavy atom. The number of aryl methyl sites for hydroxylation is 1.